The number of aliphatic carboxylic acids is 1. The lowest BCUT2D eigenvalue weighted by molar-refractivity contribution is -0.136. The van der Waals surface area contributed by atoms with Crippen LogP contribution < -0.4 is 0 Å². The number of nitrogens with zero attached hydrogens (tertiary/aromatic N) is 1. The maximum atomic E-state index is 10.5. The van der Waals surface area contributed by atoms with Gasteiger partial charge in [0.25, 0.3) is 0 Å². The molecule has 0 saturated carbocycles. The van der Waals surface area contributed by atoms with Crippen LogP contribution in [0.2, 0.25) is 5.02 Å². The first kappa shape index (κ1) is 10.6. The summed E-state index contributed by atoms with van der Waals surface area (Å²) in [6.07, 6.45) is -0.220. The summed E-state index contributed by atoms with van der Waals surface area (Å²) in [7, 11) is 0. The number of rotatable bonds is 2. The van der Waals surface area contributed by atoms with E-state index >= 15 is 0 Å². The average Bonchev–Trinajstić information content (AvgIpc) is 2.08. The summed E-state index contributed by atoms with van der Waals surface area (Å²) in [6, 6.07) is 5.22. The van der Waals surface area contributed by atoms with Crippen LogP contribution in [0.4, 0.5) is 0 Å². The minimum Gasteiger partial charge on any atom is -0.481 e. The van der Waals surface area contributed by atoms with E-state index in [0.29, 0.717) is 16.1 Å². The molecule has 0 fully saturated rings. The van der Waals surface area contributed by atoms with Crippen molar-refractivity contribution in [1.82, 2.24) is 0 Å². The Balaban J connectivity index is 3.27. The average molecular weight is 210 g/mol. The highest BCUT2D eigenvalue weighted by Gasteiger charge is 2.11. The highest BCUT2D eigenvalue weighted by atomic mass is 35.5. The molecule has 72 valence electrons. The van der Waals surface area contributed by atoms with Crippen molar-refractivity contribution in [3.05, 3.63) is 33.8 Å². The molecular formula is C10H8ClNO2. The Morgan fingerprint density at radius 3 is 2.79 bits per heavy atom. The zero-order chi connectivity index (χ0) is 10.7. The number of carboxylic acids is 1. The first-order chi connectivity index (χ1) is 6.54. The van der Waals surface area contributed by atoms with Crippen LogP contribution in [0.25, 0.3) is 0 Å². The van der Waals surface area contributed by atoms with Gasteiger partial charge >= 0.3 is 5.97 Å². The lowest BCUT2D eigenvalue weighted by atomic mass is 10.0. The van der Waals surface area contributed by atoms with Crippen LogP contribution in [0, 0.1) is 18.3 Å². The number of halogens is 1. The second-order valence-electron chi connectivity index (χ2n) is 2.96. The molecular weight excluding hydrogens is 202 g/mol. The van der Waals surface area contributed by atoms with Gasteiger partial charge in [0.1, 0.15) is 0 Å². The summed E-state index contributed by atoms with van der Waals surface area (Å²) < 4.78 is 0. The summed E-state index contributed by atoms with van der Waals surface area (Å²) >= 11 is 5.84. The van der Waals surface area contributed by atoms with Gasteiger partial charge in [-0.2, -0.15) is 5.26 Å². The van der Waals surface area contributed by atoms with Gasteiger partial charge in [-0.1, -0.05) is 11.6 Å². The van der Waals surface area contributed by atoms with Gasteiger partial charge < -0.3 is 5.11 Å². The van der Waals surface area contributed by atoms with Crippen LogP contribution in [0.1, 0.15) is 16.7 Å². The number of carboxylic acid groups (broad SMARTS) is 1. The predicted octanol–water partition coefficient (Wildman–Crippen LogP) is 2.15. The molecule has 0 aliphatic heterocycles. The smallest absolute Gasteiger partial charge is 0.307 e. The molecule has 14 heavy (non-hydrogen) atoms. The third-order valence-electron chi connectivity index (χ3n) is 1.79. The summed E-state index contributed by atoms with van der Waals surface area (Å²) in [4.78, 5) is 10.5. The largest absolute Gasteiger partial charge is 0.481 e. The molecule has 1 aromatic rings. The molecule has 0 spiro atoms. The summed E-state index contributed by atoms with van der Waals surface area (Å²) in [5, 5.41) is 17.7. The van der Waals surface area contributed by atoms with Crippen LogP contribution in [0.3, 0.4) is 0 Å². The van der Waals surface area contributed by atoms with Crippen LogP contribution in [0.5, 0.6) is 0 Å². The van der Waals surface area contributed by atoms with Crippen molar-refractivity contribution >= 4 is 17.6 Å². The van der Waals surface area contributed by atoms with Crippen molar-refractivity contribution in [2.24, 2.45) is 0 Å². The molecule has 4 heteroatoms. The maximum Gasteiger partial charge on any atom is 0.307 e. The Kier molecular flexibility index (Phi) is 3.10. The normalized spacial score (nSPS) is 9.50. The molecule has 0 unspecified atom stereocenters. The van der Waals surface area contributed by atoms with Crippen LogP contribution in [0.15, 0.2) is 12.1 Å². The van der Waals surface area contributed by atoms with Crippen molar-refractivity contribution in [2.45, 2.75) is 13.3 Å². The summed E-state index contributed by atoms with van der Waals surface area (Å²) in [5.74, 6) is -0.993. The van der Waals surface area contributed by atoms with E-state index in [1.807, 2.05) is 6.07 Å². The SMILES string of the molecule is Cc1cc(Cl)c(CC(=O)O)c(C#N)c1. The van der Waals surface area contributed by atoms with Gasteiger partial charge in [0.15, 0.2) is 0 Å². The van der Waals surface area contributed by atoms with E-state index < -0.39 is 5.97 Å². The Labute approximate surface area is 86.5 Å². The van der Waals surface area contributed by atoms with Gasteiger partial charge in [-0.05, 0) is 30.2 Å². The van der Waals surface area contributed by atoms with Crippen LogP contribution in [-0.4, -0.2) is 11.1 Å². The van der Waals surface area contributed by atoms with Crippen molar-refractivity contribution in [3.8, 4) is 6.07 Å². The number of aryl methyl sites for hydroxylation is 1. The highest BCUT2D eigenvalue weighted by Crippen LogP contribution is 2.22. The van der Waals surface area contributed by atoms with E-state index in [4.69, 9.17) is 22.0 Å². The number of hydrogen-bond donors (Lipinski definition) is 1. The van der Waals surface area contributed by atoms with Crippen molar-refractivity contribution < 1.29 is 9.90 Å². The monoisotopic (exact) mass is 209 g/mol. The molecule has 0 heterocycles. The summed E-state index contributed by atoms with van der Waals surface area (Å²) in [5.41, 5.74) is 1.56. The predicted molar refractivity (Wildman–Crippen MR) is 52.2 cm³/mol. The van der Waals surface area contributed by atoms with Gasteiger partial charge in [-0.25, -0.2) is 0 Å². The summed E-state index contributed by atoms with van der Waals surface area (Å²) in [6.45, 7) is 1.80. The van der Waals surface area contributed by atoms with Gasteiger partial charge in [0, 0.05) is 5.02 Å². The molecule has 0 saturated heterocycles. The fourth-order valence-electron chi connectivity index (χ4n) is 1.20. The molecule has 0 radical (unpaired) electrons. The topological polar surface area (TPSA) is 61.1 Å². The van der Waals surface area contributed by atoms with E-state index in [1.54, 1.807) is 19.1 Å². The first-order valence-electron chi connectivity index (χ1n) is 3.95. The van der Waals surface area contributed by atoms with E-state index in [9.17, 15) is 4.79 Å². The highest BCUT2D eigenvalue weighted by molar-refractivity contribution is 6.31. The van der Waals surface area contributed by atoms with Crippen LogP contribution in [-0.2, 0) is 11.2 Å². The minimum absolute atomic E-state index is 0.220. The van der Waals surface area contributed by atoms with Crippen molar-refractivity contribution in [1.29, 1.82) is 5.26 Å². The van der Waals surface area contributed by atoms with Gasteiger partial charge in [-0.3, -0.25) is 4.79 Å². The quantitative estimate of drug-likeness (QED) is 0.812. The number of hydrogen-bond acceptors (Lipinski definition) is 2. The van der Waals surface area contributed by atoms with Crippen molar-refractivity contribution in [3.63, 3.8) is 0 Å². The molecule has 0 atom stereocenters. The number of benzene rings is 1. The van der Waals surface area contributed by atoms with Crippen LogP contribution >= 0.6 is 11.6 Å². The molecule has 1 rings (SSSR count). The molecule has 3 nitrogen and oxygen atoms in total. The van der Waals surface area contributed by atoms with Gasteiger partial charge in [-0.15, -0.1) is 0 Å². The van der Waals surface area contributed by atoms with Gasteiger partial charge in [0.2, 0.25) is 0 Å². The maximum absolute atomic E-state index is 10.5. The third kappa shape index (κ3) is 2.24. The first-order valence-corrected chi connectivity index (χ1v) is 4.33. The van der Waals surface area contributed by atoms with E-state index in [0.717, 1.165) is 5.56 Å². The zero-order valence-corrected chi connectivity index (χ0v) is 8.30. The Morgan fingerprint density at radius 2 is 2.29 bits per heavy atom. The fourth-order valence-corrected chi connectivity index (χ4v) is 1.54. The third-order valence-corrected chi connectivity index (χ3v) is 2.13. The second kappa shape index (κ2) is 4.12. The zero-order valence-electron chi connectivity index (χ0n) is 7.54. The van der Waals surface area contributed by atoms with Gasteiger partial charge in [0.05, 0.1) is 18.1 Å². The lowest BCUT2D eigenvalue weighted by Crippen LogP contribution is -2.03. The van der Waals surface area contributed by atoms with E-state index in [1.165, 1.54) is 0 Å². The molecule has 1 aromatic carbocycles. The molecule has 0 aliphatic rings. The Bertz CT molecular complexity index is 421. The minimum atomic E-state index is -0.993. The van der Waals surface area contributed by atoms with E-state index in [2.05, 4.69) is 0 Å². The molecule has 0 bridgehead atoms. The second-order valence-corrected chi connectivity index (χ2v) is 3.36. The fraction of sp³-hybridized carbons (Fsp3) is 0.200. The molecule has 1 N–H and O–H groups in total. The lowest BCUT2D eigenvalue weighted by Gasteiger charge is -2.05. The molecule has 0 amide bonds. The molecule has 0 aliphatic carbocycles. The molecule has 0 aromatic heterocycles. The van der Waals surface area contributed by atoms with E-state index in [-0.39, 0.29) is 6.42 Å². The number of nitriles is 1. The van der Waals surface area contributed by atoms with Crippen molar-refractivity contribution in [2.75, 3.05) is 0 Å². The Hall–Kier alpha value is -1.53. The Morgan fingerprint density at radius 1 is 1.64 bits per heavy atom. The standard InChI is InChI=1S/C10H8ClNO2/c1-6-2-7(5-12)8(4-10(13)14)9(11)3-6/h2-3H,4H2,1H3,(H,13,14). The number of carbonyl (C=O) groups is 1.